The lowest BCUT2D eigenvalue weighted by atomic mass is 10.1. The second-order valence-electron chi connectivity index (χ2n) is 5.33. The predicted octanol–water partition coefficient (Wildman–Crippen LogP) is 2.91. The molecule has 2 aromatic carbocycles. The third-order valence-corrected chi connectivity index (χ3v) is 3.58. The van der Waals surface area contributed by atoms with Crippen LogP contribution in [0, 0.1) is 21.4 Å². The molecule has 0 saturated heterocycles. The molecule has 8 nitrogen and oxygen atoms in total. The molecular formula is C18H13N3O5. The SMILES string of the molecule is N#C/C(=C/c1ccc([N+](=O)[O-])cc1)C(=O)Nc1ccc2c(c1)OCCO2. The topological polar surface area (TPSA) is 114 Å². The van der Waals surface area contributed by atoms with Gasteiger partial charge in [-0.3, -0.25) is 14.9 Å². The molecule has 2 aromatic rings. The van der Waals surface area contributed by atoms with Crippen LogP contribution in [-0.2, 0) is 4.79 Å². The maximum absolute atomic E-state index is 12.3. The van der Waals surface area contributed by atoms with Gasteiger partial charge in [-0.25, -0.2) is 0 Å². The van der Waals surface area contributed by atoms with Crippen molar-refractivity contribution >= 4 is 23.4 Å². The van der Waals surface area contributed by atoms with E-state index < -0.39 is 10.8 Å². The van der Waals surface area contributed by atoms with Crippen LogP contribution >= 0.6 is 0 Å². The summed E-state index contributed by atoms with van der Waals surface area (Å²) in [5.74, 6) is 0.519. The lowest BCUT2D eigenvalue weighted by molar-refractivity contribution is -0.384. The second-order valence-corrected chi connectivity index (χ2v) is 5.33. The van der Waals surface area contributed by atoms with Crippen LogP contribution in [0.25, 0.3) is 6.08 Å². The van der Waals surface area contributed by atoms with Gasteiger partial charge in [0, 0.05) is 23.9 Å². The molecule has 3 rings (SSSR count). The number of hydrogen-bond acceptors (Lipinski definition) is 6. The van der Waals surface area contributed by atoms with Crippen molar-refractivity contribution in [1.82, 2.24) is 0 Å². The van der Waals surface area contributed by atoms with Crippen LogP contribution in [-0.4, -0.2) is 24.0 Å². The van der Waals surface area contributed by atoms with Crippen molar-refractivity contribution in [1.29, 1.82) is 5.26 Å². The highest BCUT2D eigenvalue weighted by atomic mass is 16.6. The van der Waals surface area contributed by atoms with Crippen LogP contribution in [0.15, 0.2) is 48.0 Å². The number of anilines is 1. The van der Waals surface area contributed by atoms with Gasteiger partial charge in [0.1, 0.15) is 24.9 Å². The molecule has 130 valence electrons. The Labute approximate surface area is 148 Å². The zero-order valence-electron chi connectivity index (χ0n) is 13.5. The fourth-order valence-electron chi connectivity index (χ4n) is 2.33. The quantitative estimate of drug-likeness (QED) is 0.392. The third-order valence-electron chi connectivity index (χ3n) is 3.58. The molecule has 1 aliphatic heterocycles. The van der Waals surface area contributed by atoms with Gasteiger partial charge in [-0.1, -0.05) is 0 Å². The standard InChI is InChI=1S/C18H13N3O5/c19-11-13(9-12-1-4-15(5-2-12)21(23)24)18(22)20-14-3-6-16-17(10-14)26-8-7-25-16/h1-6,9-10H,7-8H2,(H,20,22)/b13-9-. The number of rotatable bonds is 4. The Hall–Kier alpha value is -3.86. The number of carbonyl (C=O) groups is 1. The fraction of sp³-hybridized carbons (Fsp3) is 0.111. The summed E-state index contributed by atoms with van der Waals surface area (Å²) in [4.78, 5) is 22.4. The van der Waals surface area contributed by atoms with Gasteiger partial charge in [-0.2, -0.15) is 5.26 Å². The number of nitro benzene ring substituents is 1. The van der Waals surface area contributed by atoms with E-state index in [1.54, 1.807) is 18.2 Å². The lowest BCUT2D eigenvalue weighted by Gasteiger charge is -2.18. The van der Waals surface area contributed by atoms with E-state index >= 15 is 0 Å². The number of carbonyl (C=O) groups excluding carboxylic acids is 1. The van der Waals surface area contributed by atoms with E-state index in [4.69, 9.17) is 9.47 Å². The number of nitro groups is 1. The highest BCUT2D eigenvalue weighted by Gasteiger charge is 2.15. The van der Waals surface area contributed by atoms with Gasteiger partial charge in [-0.15, -0.1) is 0 Å². The molecule has 1 N–H and O–H groups in total. The minimum atomic E-state index is -0.595. The molecule has 1 heterocycles. The summed E-state index contributed by atoms with van der Waals surface area (Å²) in [5, 5.41) is 22.5. The first-order valence-corrected chi connectivity index (χ1v) is 7.64. The van der Waals surface area contributed by atoms with Crippen molar-refractivity contribution in [3.63, 3.8) is 0 Å². The number of amides is 1. The minimum absolute atomic E-state index is 0.0682. The first-order chi connectivity index (χ1) is 12.6. The van der Waals surface area contributed by atoms with Crippen LogP contribution < -0.4 is 14.8 Å². The van der Waals surface area contributed by atoms with Crippen molar-refractivity contribution in [2.24, 2.45) is 0 Å². The summed E-state index contributed by atoms with van der Waals surface area (Å²) in [6.07, 6.45) is 1.36. The summed E-state index contributed by atoms with van der Waals surface area (Å²) in [5.41, 5.74) is 0.767. The summed E-state index contributed by atoms with van der Waals surface area (Å²) in [6.45, 7) is 0.892. The van der Waals surface area contributed by atoms with Crippen molar-refractivity contribution in [2.45, 2.75) is 0 Å². The first kappa shape index (κ1) is 17.0. The zero-order chi connectivity index (χ0) is 18.5. The van der Waals surface area contributed by atoms with E-state index in [0.717, 1.165) is 0 Å². The van der Waals surface area contributed by atoms with E-state index in [-0.39, 0.29) is 11.3 Å². The molecule has 0 unspecified atom stereocenters. The smallest absolute Gasteiger partial charge is 0.269 e. The first-order valence-electron chi connectivity index (χ1n) is 7.64. The Kier molecular flexibility index (Phi) is 4.80. The van der Waals surface area contributed by atoms with Gasteiger partial charge in [0.15, 0.2) is 11.5 Å². The number of nitrogens with zero attached hydrogens (tertiary/aromatic N) is 2. The molecule has 0 bridgehead atoms. The van der Waals surface area contributed by atoms with Crippen LogP contribution in [0.3, 0.4) is 0 Å². The van der Waals surface area contributed by atoms with Crippen molar-refractivity contribution in [3.8, 4) is 17.6 Å². The summed E-state index contributed by atoms with van der Waals surface area (Å²) in [6, 6.07) is 12.3. The molecule has 1 amide bonds. The zero-order valence-corrected chi connectivity index (χ0v) is 13.5. The van der Waals surface area contributed by atoms with Crippen LogP contribution in [0.1, 0.15) is 5.56 Å². The predicted molar refractivity (Wildman–Crippen MR) is 92.7 cm³/mol. The van der Waals surface area contributed by atoms with Gasteiger partial charge in [0.05, 0.1) is 4.92 Å². The molecule has 8 heteroatoms. The van der Waals surface area contributed by atoms with Gasteiger partial charge in [0.25, 0.3) is 11.6 Å². The number of nitrogens with one attached hydrogen (secondary N) is 1. The van der Waals surface area contributed by atoms with E-state index in [0.29, 0.717) is 36.0 Å². The number of hydrogen-bond donors (Lipinski definition) is 1. The molecule has 0 aromatic heterocycles. The average Bonchev–Trinajstić information content (AvgIpc) is 2.66. The highest BCUT2D eigenvalue weighted by molar-refractivity contribution is 6.09. The van der Waals surface area contributed by atoms with Gasteiger partial charge >= 0.3 is 0 Å². The summed E-state index contributed by atoms with van der Waals surface area (Å²) < 4.78 is 10.9. The monoisotopic (exact) mass is 351 g/mol. The third kappa shape index (κ3) is 3.79. The molecular weight excluding hydrogens is 338 g/mol. The number of nitriles is 1. The van der Waals surface area contributed by atoms with Crippen LogP contribution in [0.4, 0.5) is 11.4 Å². The maximum atomic E-state index is 12.3. The molecule has 26 heavy (non-hydrogen) atoms. The van der Waals surface area contributed by atoms with Crippen molar-refractivity contribution in [2.75, 3.05) is 18.5 Å². The lowest BCUT2D eigenvalue weighted by Crippen LogP contribution is -2.17. The van der Waals surface area contributed by atoms with E-state index in [1.807, 2.05) is 6.07 Å². The molecule has 0 saturated carbocycles. The number of ether oxygens (including phenoxy) is 2. The second kappa shape index (κ2) is 7.36. The Morgan fingerprint density at radius 1 is 1.15 bits per heavy atom. The van der Waals surface area contributed by atoms with Gasteiger partial charge in [0.2, 0.25) is 0 Å². The molecule has 0 aliphatic carbocycles. The Balaban J connectivity index is 1.76. The van der Waals surface area contributed by atoms with E-state index in [1.165, 1.54) is 30.3 Å². The van der Waals surface area contributed by atoms with Crippen LogP contribution in [0.5, 0.6) is 11.5 Å². The largest absolute Gasteiger partial charge is 0.486 e. The number of fused-ring (bicyclic) bond motifs is 1. The van der Waals surface area contributed by atoms with E-state index in [9.17, 15) is 20.2 Å². The minimum Gasteiger partial charge on any atom is -0.486 e. The molecule has 1 aliphatic rings. The maximum Gasteiger partial charge on any atom is 0.269 e. The Morgan fingerprint density at radius 2 is 1.85 bits per heavy atom. The Bertz CT molecular complexity index is 929. The fourth-order valence-corrected chi connectivity index (χ4v) is 2.33. The number of benzene rings is 2. The van der Waals surface area contributed by atoms with Crippen molar-refractivity contribution < 1.29 is 19.2 Å². The normalized spacial score (nSPS) is 12.8. The van der Waals surface area contributed by atoms with Gasteiger partial charge in [-0.05, 0) is 35.9 Å². The number of non-ortho nitro benzene ring substituents is 1. The summed E-state index contributed by atoms with van der Waals surface area (Å²) in [7, 11) is 0. The molecule has 0 atom stereocenters. The molecule has 0 fully saturated rings. The van der Waals surface area contributed by atoms with Crippen LogP contribution in [0.2, 0.25) is 0 Å². The Morgan fingerprint density at radius 3 is 2.50 bits per heavy atom. The van der Waals surface area contributed by atoms with Gasteiger partial charge < -0.3 is 14.8 Å². The van der Waals surface area contributed by atoms with Crippen molar-refractivity contribution in [3.05, 3.63) is 63.7 Å². The molecule has 0 spiro atoms. The summed E-state index contributed by atoms with van der Waals surface area (Å²) >= 11 is 0. The molecule has 0 radical (unpaired) electrons. The highest BCUT2D eigenvalue weighted by Crippen LogP contribution is 2.32. The van der Waals surface area contributed by atoms with E-state index in [2.05, 4.69) is 5.32 Å². The average molecular weight is 351 g/mol.